The number of nitrogens with zero attached hydrogens (tertiary/aromatic N) is 1. The minimum Gasteiger partial charge on any atom is -0.398 e. The van der Waals surface area contributed by atoms with Gasteiger partial charge in [0.05, 0.1) is 11.3 Å². The van der Waals surface area contributed by atoms with Gasteiger partial charge in [0.15, 0.2) is 0 Å². The van der Waals surface area contributed by atoms with E-state index in [1.807, 2.05) is 12.1 Å². The predicted molar refractivity (Wildman–Crippen MR) is 70.1 cm³/mol. The Hall–Kier alpha value is -1.54. The molecule has 0 amide bonds. The van der Waals surface area contributed by atoms with E-state index in [0.717, 1.165) is 30.0 Å². The van der Waals surface area contributed by atoms with Gasteiger partial charge < -0.3 is 11.1 Å². The first-order chi connectivity index (χ1) is 8.19. The number of anilines is 2. The molecule has 0 unspecified atom stereocenters. The van der Waals surface area contributed by atoms with E-state index in [2.05, 4.69) is 5.32 Å². The van der Waals surface area contributed by atoms with Crippen LogP contribution in [0.3, 0.4) is 0 Å². The summed E-state index contributed by atoms with van der Waals surface area (Å²) in [7, 11) is -0.636. The number of hydrogen-bond donors (Lipinski definition) is 2. The third kappa shape index (κ3) is 2.98. The fraction of sp³-hybridized carbons (Fsp3) is 0.417. The van der Waals surface area contributed by atoms with Gasteiger partial charge in [-0.05, 0) is 31.0 Å². The molecule has 2 rings (SSSR count). The van der Waals surface area contributed by atoms with Crippen molar-refractivity contribution in [3.8, 4) is 6.07 Å². The maximum Gasteiger partial charge on any atom is 0.101 e. The van der Waals surface area contributed by atoms with Crippen LogP contribution in [0.2, 0.25) is 0 Å². The average Bonchev–Trinajstić information content (AvgIpc) is 2.32. The Morgan fingerprint density at radius 1 is 1.41 bits per heavy atom. The molecule has 0 saturated carbocycles. The van der Waals surface area contributed by atoms with Crippen molar-refractivity contribution in [2.45, 2.75) is 18.9 Å². The molecule has 1 aliphatic heterocycles. The van der Waals surface area contributed by atoms with E-state index in [0.29, 0.717) is 17.3 Å². The lowest BCUT2D eigenvalue weighted by atomic mass is 10.1. The molecule has 4 nitrogen and oxygen atoms in total. The van der Waals surface area contributed by atoms with Gasteiger partial charge in [-0.3, -0.25) is 4.21 Å². The number of benzene rings is 1. The summed E-state index contributed by atoms with van der Waals surface area (Å²) in [5.41, 5.74) is 7.68. The van der Waals surface area contributed by atoms with Crippen LogP contribution in [0.25, 0.3) is 0 Å². The SMILES string of the molecule is N#Cc1ccc(NC2CCS(=O)CC2)cc1N. The van der Waals surface area contributed by atoms with Gasteiger partial charge >= 0.3 is 0 Å². The van der Waals surface area contributed by atoms with E-state index in [-0.39, 0.29) is 0 Å². The molecule has 0 radical (unpaired) electrons. The molecule has 3 N–H and O–H groups in total. The largest absolute Gasteiger partial charge is 0.398 e. The van der Waals surface area contributed by atoms with Gasteiger partial charge in [-0.15, -0.1) is 0 Å². The maximum atomic E-state index is 11.2. The molecule has 1 aromatic carbocycles. The zero-order valence-electron chi connectivity index (χ0n) is 9.48. The fourth-order valence-electron chi connectivity index (χ4n) is 1.93. The Kier molecular flexibility index (Phi) is 3.64. The minimum atomic E-state index is -0.636. The highest BCUT2D eigenvalue weighted by molar-refractivity contribution is 7.85. The van der Waals surface area contributed by atoms with Crippen LogP contribution in [0.1, 0.15) is 18.4 Å². The lowest BCUT2D eigenvalue weighted by Gasteiger charge is -2.23. The number of nitriles is 1. The summed E-state index contributed by atoms with van der Waals surface area (Å²) in [6, 6.07) is 7.76. The van der Waals surface area contributed by atoms with Crippen molar-refractivity contribution in [2.24, 2.45) is 0 Å². The lowest BCUT2D eigenvalue weighted by Crippen LogP contribution is -2.29. The van der Waals surface area contributed by atoms with Gasteiger partial charge in [0.2, 0.25) is 0 Å². The fourth-order valence-corrected chi connectivity index (χ4v) is 3.23. The normalized spacial score (nSPS) is 23.9. The van der Waals surface area contributed by atoms with E-state index in [1.54, 1.807) is 12.1 Å². The van der Waals surface area contributed by atoms with Gasteiger partial charge in [-0.2, -0.15) is 5.26 Å². The molecule has 0 aliphatic carbocycles. The Bertz CT molecular complexity index is 471. The van der Waals surface area contributed by atoms with E-state index in [4.69, 9.17) is 11.0 Å². The first-order valence-corrected chi connectivity index (χ1v) is 7.09. The summed E-state index contributed by atoms with van der Waals surface area (Å²) in [6.45, 7) is 0. The smallest absolute Gasteiger partial charge is 0.101 e. The summed E-state index contributed by atoms with van der Waals surface area (Å²) >= 11 is 0. The van der Waals surface area contributed by atoms with Gasteiger partial charge in [-0.25, -0.2) is 0 Å². The van der Waals surface area contributed by atoms with Crippen LogP contribution in [0, 0.1) is 11.3 Å². The minimum absolute atomic E-state index is 0.361. The number of nitrogens with two attached hydrogens (primary N) is 1. The van der Waals surface area contributed by atoms with Crippen LogP contribution in [0.15, 0.2) is 18.2 Å². The van der Waals surface area contributed by atoms with Crippen molar-refractivity contribution in [3.63, 3.8) is 0 Å². The monoisotopic (exact) mass is 249 g/mol. The molecule has 17 heavy (non-hydrogen) atoms. The zero-order valence-corrected chi connectivity index (χ0v) is 10.3. The molecule has 90 valence electrons. The molecular weight excluding hydrogens is 234 g/mol. The predicted octanol–water partition coefficient (Wildman–Crippen LogP) is 1.46. The highest BCUT2D eigenvalue weighted by Gasteiger charge is 2.17. The van der Waals surface area contributed by atoms with Crippen LogP contribution >= 0.6 is 0 Å². The van der Waals surface area contributed by atoms with Crippen LogP contribution in [0.4, 0.5) is 11.4 Å². The van der Waals surface area contributed by atoms with E-state index in [9.17, 15) is 4.21 Å². The quantitative estimate of drug-likeness (QED) is 0.778. The molecule has 1 fully saturated rings. The molecule has 5 heteroatoms. The van der Waals surface area contributed by atoms with Gasteiger partial charge in [-0.1, -0.05) is 0 Å². The Labute approximate surface area is 103 Å². The summed E-state index contributed by atoms with van der Waals surface area (Å²) < 4.78 is 11.2. The Morgan fingerprint density at radius 2 is 2.12 bits per heavy atom. The van der Waals surface area contributed by atoms with Crippen LogP contribution in [-0.2, 0) is 10.8 Å². The van der Waals surface area contributed by atoms with Crippen molar-refractivity contribution in [1.82, 2.24) is 0 Å². The first kappa shape index (κ1) is 11.9. The molecule has 0 bridgehead atoms. The highest BCUT2D eigenvalue weighted by atomic mass is 32.2. The van der Waals surface area contributed by atoms with Gasteiger partial charge in [0.1, 0.15) is 6.07 Å². The Morgan fingerprint density at radius 3 is 2.71 bits per heavy atom. The first-order valence-electron chi connectivity index (χ1n) is 5.60. The molecule has 1 aliphatic rings. The van der Waals surface area contributed by atoms with Crippen molar-refractivity contribution in [1.29, 1.82) is 5.26 Å². The van der Waals surface area contributed by atoms with E-state index in [1.165, 1.54) is 0 Å². The van der Waals surface area contributed by atoms with Crippen LogP contribution < -0.4 is 11.1 Å². The van der Waals surface area contributed by atoms with Crippen LogP contribution in [-0.4, -0.2) is 21.8 Å². The van der Waals surface area contributed by atoms with Crippen molar-refractivity contribution in [2.75, 3.05) is 22.6 Å². The molecule has 1 saturated heterocycles. The molecule has 1 aromatic rings. The third-order valence-corrected chi connectivity index (χ3v) is 4.31. The molecule has 0 spiro atoms. The summed E-state index contributed by atoms with van der Waals surface area (Å²) in [5.74, 6) is 1.53. The van der Waals surface area contributed by atoms with Crippen molar-refractivity contribution in [3.05, 3.63) is 23.8 Å². The summed E-state index contributed by atoms with van der Waals surface area (Å²) in [6.07, 6.45) is 1.85. The standard InChI is InChI=1S/C12H15N3OS/c13-8-9-1-2-11(7-12(9)14)15-10-3-5-17(16)6-4-10/h1-2,7,10,15H,3-6,14H2. The van der Waals surface area contributed by atoms with Crippen LogP contribution in [0.5, 0.6) is 0 Å². The molecule has 1 heterocycles. The number of nitrogen functional groups attached to an aromatic ring is 1. The second kappa shape index (κ2) is 5.19. The molecule has 0 atom stereocenters. The zero-order chi connectivity index (χ0) is 12.3. The summed E-state index contributed by atoms with van der Waals surface area (Å²) in [5, 5.41) is 12.1. The van der Waals surface area contributed by atoms with E-state index < -0.39 is 10.8 Å². The maximum absolute atomic E-state index is 11.2. The third-order valence-electron chi connectivity index (χ3n) is 2.93. The van der Waals surface area contributed by atoms with Gasteiger partial charge in [0, 0.05) is 34.0 Å². The lowest BCUT2D eigenvalue weighted by molar-refractivity contribution is 0.624. The second-order valence-corrected chi connectivity index (χ2v) is 5.88. The number of hydrogen-bond acceptors (Lipinski definition) is 4. The van der Waals surface area contributed by atoms with E-state index >= 15 is 0 Å². The Balaban J connectivity index is 2.02. The average molecular weight is 249 g/mol. The van der Waals surface area contributed by atoms with Gasteiger partial charge in [0.25, 0.3) is 0 Å². The topological polar surface area (TPSA) is 78.9 Å². The second-order valence-electron chi connectivity index (χ2n) is 4.18. The number of nitrogens with one attached hydrogen (secondary N) is 1. The highest BCUT2D eigenvalue weighted by Crippen LogP contribution is 2.20. The molecule has 0 aromatic heterocycles. The number of rotatable bonds is 2. The summed E-state index contributed by atoms with van der Waals surface area (Å²) in [4.78, 5) is 0. The van der Waals surface area contributed by atoms with Crippen molar-refractivity contribution >= 4 is 22.2 Å². The van der Waals surface area contributed by atoms with Crippen molar-refractivity contribution < 1.29 is 4.21 Å². The molecular formula is C12H15N3OS.